The van der Waals surface area contributed by atoms with Crippen LogP contribution in [0.3, 0.4) is 0 Å². The Morgan fingerprint density at radius 3 is 2.29 bits per heavy atom. The van der Waals surface area contributed by atoms with Crippen molar-refractivity contribution in [2.45, 2.75) is 13.0 Å². The van der Waals surface area contributed by atoms with Crippen LogP contribution in [0.4, 0.5) is 0 Å². The fourth-order valence-corrected chi connectivity index (χ4v) is 2.43. The quantitative estimate of drug-likeness (QED) is 0.728. The monoisotopic (exact) mass is 360 g/mol. The predicted molar refractivity (Wildman–Crippen MR) is 94.0 cm³/mol. The van der Waals surface area contributed by atoms with Crippen molar-refractivity contribution in [2.75, 3.05) is 0 Å². The molecular formula is C18H14Cl2N2O2. The largest absolute Gasteiger partial charge is 0.356 e. The minimum Gasteiger partial charge on any atom is -0.356 e. The maximum absolute atomic E-state index is 12.0. The summed E-state index contributed by atoms with van der Waals surface area (Å²) >= 11 is 11.7. The normalized spacial score (nSPS) is 10.6. The Morgan fingerprint density at radius 2 is 1.62 bits per heavy atom. The minimum absolute atomic E-state index is 0.124. The molecule has 6 heteroatoms. The van der Waals surface area contributed by atoms with E-state index >= 15 is 0 Å². The van der Waals surface area contributed by atoms with Crippen LogP contribution >= 0.6 is 23.2 Å². The lowest BCUT2D eigenvalue weighted by Crippen LogP contribution is -2.24. The predicted octanol–water partition coefficient (Wildman–Crippen LogP) is 4.51. The van der Waals surface area contributed by atoms with Crippen LogP contribution in [0, 0.1) is 0 Å². The molecule has 3 aromatic rings. The number of aromatic nitrogens is 1. The van der Waals surface area contributed by atoms with Crippen LogP contribution in [-0.2, 0) is 17.8 Å². The maximum Gasteiger partial charge on any atom is 0.226 e. The van der Waals surface area contributed by atoms with Gasteiger partial charge in [0.2, 0.25) is 5.91 Å². The fraction of sp³-hybridized carbons (Fsp3) is 0.111. The van der Waals surface area contributed by atoms with Gasteiger partial charge in [-0.3, -0.25) is 4.79 Å². The highest BCUT2D eigenvalue weighted by Gasteiger charge is 2.10. The number of hydrogen-bond donors (Lipinski definition) is 1. The van der Waals surface area contributed by atoms with Gasteiger partial charge in [0.15, 0.2) is 5.76 Å². The lowest BCUT2D eigenvalue weighted by atomic mass is 10.1. The van der Waals surface area contributed by atoms with Crippen LogP contribution in [0.25, 0.3) is 11.3 Å². The molecule has 0 aliphatic rings. The first-order valence-electron chi connectivity index (χ1n) is 7.33. The summed E-state index contributed by atoms with van der Waals surface area (Å²) in [5.41, 5.74) is 2.42. The zero-order chi connectivity index (χ0) is 16.9. The van der Waals surface area contributed by atoms with Gasteiger partial charge in [-0.25, -0.2) is 0 Å². The highest BCUT2D eigenvalue weighted by molar-refractivity contribution is 6.30. The molecule has 0 saturated heterocycles. The lowest BCUT2D eigenvalue weighted by molar-refractivity contribution is -0.120. The minimum atomic E-state index is -0.124. The summed E-state index contributed by atoms with van der Waals surface area (Å²) in [4.78, 5) is 12.0. The van der Waals surface area contributed by atoms with Crippen molar-refractivity contribution in [2.24, 2.45) is 0 Å². The average molecular weight is 361 g/mol. The van der Waals surface area contributed by atoms with E-state index in [2.05, 4.69) is 10.5 Å². The molecule has 1 N–H and O–H groups in total. The molecule has 4 nitrogen and oxygen atoms in total. The summed E-state index contributed by atoms with van der Waals surface area (Å²) in [5, 5.41) is 8.10. The van der Waals surface area contributed by atoms with E-state index < -0.39 is 0 Å². The Labute approximate surface area is 149 Å². The first kappa shape index (κ1) is 16.6. The number of carbonyl (C=O) groups is 1. The van der Waals surface area contributed by atoms with Crippen molar-refractivity contribution < 1.29 is 9.32 Å². The van der Waals surface area contributed by atoms with Gasteiger partial charge in [-0.1, -0.05) is 40.5 Å². The SMILES string of the molecule is O=C(Cc1cc(-c2ccc(Cl)cc2)on1)NCc1ccc(Cl)cc1. The van der Waals surface area contributed by atoms with E-state index in [1.54, 1.807) is 30.3 Å². The summed E-state index contributed by atoms with van der Waals surface area (Å²) in [6.07, 6.45) is 0.157. The third kappa shape index (κ3) is 4.37. The summed E-state index contributed by atoms with van der Waals surface area (Å²) < 4.78 is 5.28. The van der Waals surface area contributed by atoms with Crippen LogP contribution in [-0.4, -0.2) is 11.1 Å². The van der Waals surface area contributed by atoms with Gasteiger partial charge < -0.3 is 9.84 Å². The molecule has 0 fully saturated rings. The molecule has 1 amide bonds. The van der Waals surface area contributed by atoms with Gasteiger partial charge >= 0.3 is 0 Å². The Bertz CT molecular complexity index is 827. The fourth-order valence-electron chi connectivity index (χ4n) is 2.18. The first-order valence-corrected chi connectivity index (χ1v) is 8.08. The maximum atomic E-state index is 12.0. The van der Waals surface area contributed by atoms with Gasteiger partial charge in [0, 0.05) is 28.2 Å². The Kier molecular flexibility index (Phi) is 5.18. The first-order chi connectivity index (χ1) is 11.6. The van der Waals surface area contributed by atoms with Crippen LogP contribution < -0.4 is 5.32 Å². The molecule has 0 aliphatic carbocycles. The Hall–Kier alpha value is -2.30. The summed E-state index contributed by atoms with van der Waals surface area (Å²) in [7, 11) is 0. The molecule has 2 aromatic carbocycles. The molecule has 0 saturated carbocycles. The van der Waals surface area contributed by atoms with E-state index in [9.17, 15) is 4.79 Å². The number of carbonyl (C=O) groups excluding carboxylic acids is 1. The molecule has 0 spiro atoms. The second-order valence-electron chi connectivity index (χ2n) is 5.27. The van der Waals surface area contributed by atoms with Crippen molar-refractivity contribution in [3.05, 3.63) is 75.9 Å². The summed E-state index contributed by atoms with van der Waals surface area (Å²) in [5.74, 6) is 0.480. The number of benzene rings is 2. The molecule has 0 atom stereocenters. The number of rotatable bonds is 5. The van der Waals surface area contributed by atoms with Gasteiger partial charge in [0.05, 0.1) is 12.1 Å². The molecule has 0 bridgehead atoms. The molecule has 0 unspecified atom stereocenters. The van der Waals surface area contributed by atoms with Crippen LogP contribution in [0.15, 0.2) is 59.1 Å². The van der Waals surface area contributed by atoms with E-state index in [1.807, 2.05) is 24.3 Å². The van der Waals surface area contributed by atoms with E-state index in [1.165, 1.54) is 0 Å². The zero-order valence-electron chi connectivity index (χ0n) is 12.6. The van der Waals surface area contributed by atoms with Crippen molar-refractivity contribution >= 4 is 29.1 Å². The topological polar surface area (TPSA) is 55.1 Å². The summed E-state index contributed by atoms with van der Waals surface area (Å²) in [6, 6.07) is 16.3. The molecular weight excluding hydrogens is 347 g/mol. The molecule has 3 rings (SSSR count). The lowest BCUT2D eigenvalue weighted by Gasteiger charge is -2.04. The number of nitrogens with zero attached hydrogens (tertiary/aromatic N) is 1. The van der Waals surface area contributed by atoms with Crippen LogP contribution in [0.1, 0.15) is 11.3 Å². The molecule has 1 heterocycles. The molecule has 122 valence electrons. The third-order valence-electron chi connectivity index (χ3n) is 3.43. The Morgan fingerprint density at radius 1 is 1.00 bits per heavy atom. The molecule has 1 aromatic heterocycles. The van der Waals surface area contributed by atoms with Crippen molar-refractivity contribution in [3.63, 3.8) is 0 Å². The van der Waals surface area contributed by atoms with E-state index in [4.69, 9.17) is 27.7 Å². The number of halogens is 2. The number of amides is 1. The standard InChI is InChI=1S/C18H14Cl2N2O2/c19-14-5-1-12(2-6-14)11-21-18(23)10-16-9-17(24-22-16)13-3-7-15(20)8-4-13/h1-9H,10-11H2,(H,21,23). The van der Waals surface area contributed by atoms with Crippen LogP contribution in [0.2, 0.25) is 10.0 Å². The van der Waals surface area contributed by atoms with Gasteiger partial charge in [-0.15, -0.1) is 0 Å². The van der Waals surface area contributed by atoms with Crippen LogP contribution in [0.5, 0.6) is 0 Å². The summed E-state index contributed by atoms with van der Waals surface area (Å²) in [6.45, 7) is 0.442. The number of nitrogens with one attached hydrogen (secondary N) is 1. The van der Waals surface area contributed by atoms with Gasteiger partial charge in [0.25, 0.3) is 0 Å². The highest BCUT2D eigenvalue weighted by Crippen LogP contribution is 2.22. The van der Waals surface area contributed by atoms with Crippen molar-refractivity contribution in [1.82, 2.24) is 10.5 Å². The molecule has 0 radical (unpaired) electrons. The second kappa shape index (κ2) is 7.51. The third-order valence-corrected chi connectivity index (χ3v) is 3.94. The smallest absolute Gasteiger partial charge is 0.226 e. The Balaban J connectivity index is 1.57. The van der Waals surface area contributed by atoms with Gasteiger partial charge in [-0.2, -0.15) is 0 Å². The zero-order valence-corrected chi connectivity index (χ0v) is 14.1. The van der Waals surface area contributed by atoms with E-state index in [0.29, 0.717) is 28.0 Å². The second-order valence-corrected chi connectivity index (χ2v) is 6.14. The number of hydrogen-bond acceptors (Lipinski definition) is 3. The van der Waals surface area contributed by atoms with Crippen molar-refractivity contribution in [3.8, 4) is 11.3 Å². The average Bonchev–Trinajstić information content (AvgIpc) is 3.03. The molecule has 0 aliphatic heterocycles. The highest BCUT2D eigenvalue weighted by atomic mass is 35.5. The van der Waals surface area contributed by atoms with Gasteiger partial charge in [0.1, 0.15) is 0 Å². The molecule has 24 heavy (non-hydrogen) atoms. The van der Waals surface area contributed by atoms with E-state index in [0.717, 1.165) is 11.1 Å². The van der Waals surface area contributed by atoms with Crippen molar-refractivity contribution in [1.29, 1.82) is 0 Å². The van der Waals surface area contributed by atoms with Gasteiger partial charge in [-0.05, 0) is 42.0 Å². The van der Waals surface area contributed by atoms with E-state index in [-0.39, 0.29) is 12.3 Å².